The first kappa shape index (κ1) is 20.1. The number of ether oxygens (including phenoxy) is 1. The lowest BCUT2D eigenvalue weighted by atomic mass is 10.2. The molecule has 0 aliphatic rings. The molecular weight excluding hydrogens is 389 g/mol. The van der Waals surface area contributed by atoms with Gasteiger partial charge in [-0.25, -0.2) is 9.78 Å². The third kappa shape index (κ3) is 5.01. The zero-order valence-electron chi connectivity index (χ0n) is 15.1. The summed E-state index contributed by atoms with van der Waals surface area (Å²) in [6, 6.07) is 13.0. The third-order valence-electron chi connectivity index (χ3n) is 3.82. The van der Waals surface area contributed by atoms with Gasteiger partial charge in [0.15, 0.2) is 12.3 Å². The lowest BCUT2D eigenvalue weighted by Crippen LogP contribution is -2.21. The Bertz CT molecular complexity index is 1030. The molecule has 9 heteroatoms. The minimum Gasteiger partial charge on any atom is -0.451 e. The summed E-state index contributed by atoms with van der Waals surface area (Å²) in [7, 11) is 0. The van der Waals surface area contributed by atoms with Crippen molar-refractivity contribution in [2.45, 2.75) is 13.1 Å². The van der Waals surface area contributed by atoms with E-state index in [1.54, 1.807) is 24.3 Å². The zero-order chi connectivity index (χ0) is 21.0. The Kier molecular flexibility index (Phi) is 5.67. The summed E-state index contributed by atoms with van der Waals surface area (Å²) in [5.74, 6) is -1.23. The lowest BCUT2D eigenvalue weighted by Gasteiger charge is -2.10. The second kappa shape index (κ2) is 8.17. The van der Waals surface area contributed by atoms with E-state index in [1.807, 2.05) is 6.07 Å². The number of aryl methyl sites for hydroxylation is 1. The summed E-state index contributed by atoms with van der Waals surface area (Å²) in [6.07, 6.45) is -4.53. The molecule has 0 radical (unpaired) electrons. The molecule has 3 aromatic rings. The van der Waals surface area contributed by atoms with Crippen molar-refractivity contribution in [2.24, 2.45) is 0 Å². The van der Waals surface area contributed by atoms with Crippen LogP contribution in [0.4, 0.5) is 18.9 Å². The second-order valence-electron chi connectivity index (χ2n) is 5.99. The van der Waals surface area contributed by atoms with Gasteiger partial charge in [-0.1, -0.05) is 24.3 Å². The number of nitrogens with zero attached hydrogens (tertiary/aromatic N) is 1. The highest BCUT2D eigenvalue weighted by molar-refractivity contribution is 5.95. The average Bonchev–Trinajstić information content (AvgIpc) is 3.08. The van der Waals surface area contributed by atoms with Crippen molar-refractivity contribution in [3.8, 4) is 11.5 Å². The second-order valence-corrected chi connectivity index (χ2v) is 5.99. The maximum Gasteiger partial charge on any atom is 0.416 e. The van der Waals surface area contributed by atoms with Crippen LogP contribution in [0.3, 0.4) is 0 Å². The smallest absolute Gasteiger partial charge is 0.416 e. The van der Waals surface area contributed by atoms with Gasteiger partial charge in [0.2, 0.25) is 5.89 Å². The van der Waals surface area contributed by atoms with Crippen molar-refractivity contribution in [3.05, 3.63) is 71.6 Å². The fourth-order valence-electron chi connectivity index (χ4n) is 2.46. The molecule has 0 aliphatic carbocycles. The minimum atomic E-state index is -4.53. The van der Waals surface area contributed by atoms with E-state index in [2.05, 4.69) is 10.3 Å². The van der Waals surface area contributed by atoms with Crippen LogP contribution in [-0.4, -0.2) is 23.5 Å². The molecule has 0 aliphatic heterocycles. The highest BCUT2D eigenvalue weighted by Crippen LogP contribution is 2.30. The molecule has 0 bridgehead atoms. The van der Waals surface area contributed by atoms with Crippen molar-refractivity contribution >= 4 is 17.6 Å². The molecule has 2 aromatic carbocycles. The summed E-state index contributed by atoms with van der Waals surface area (Å²) >= 11 is 0. The molecule has 0 fully saturated rings. The molecule has 3 rings (SSSR count). The van der Waals surface area contributed by atoms with Gasteiger partial charge in [-0.15, -0.1) is 0 Å². The predicted octanol–water partition coefficient (Wildman–Crippen LogP) is 4.46. The first-order valence-electron chi connectivity index (χ1n) is 8.41. The van der Waals surface area contributed by atoms with Gasteiger partial charge in [-0.2, -0.15) is 13.2 Å². The normalized spacial score (nSPS) is 11.2. The van der Waals surface area contributed by atoms with Gasteiger partial charge in [-0.05, 0) is 37.3 Å². The maximum absolute atomic E-state index is 12.7. The maximum atomic E-state index is 12.7. The summed E-state index contributed by atoms with van der Waals surface area (Å²) in [5.41, 5.74) is -0.392. The van der Waals surface area contributed by atoms with Crippen LogP contribution in [0.5, 0.6) is 0 Å². The molecule has 1 aromatic heterocycles. The van der Waals surface area contributed by atoms with E-state index in [1.165, 1.54) is 13.0 Å². The number of esters is 1. The number of halogens is 3. The highest BCUT2D eigenvalue weighted by Gasteiger charge is 2.30. The van der Waals surface area contributed by atoms with Gasteiger partial charge in [0.1, 0.15) is 5.76 Å². The fourth-order valence-corrected chi connectivity index (χ4v) is 2.46. The molecule has 29 heavy (non-hydrogen) atoms. The van der Waals surface area contributed by atoms with E-state index in [-0.39, 0.29) is 23.0 Å². The van der Waals surface area contributed by atoms with Crippen LogP contribution < -0.4 is 5.32 Å². The van der Waals surface area contributed by atoms with Crippen molar-refractivity contribution in [2.75, 3.05) is 11.9 Å². The predicted molar refractivity (Wildman–Crippen MR) is 97.0 cm³/mol. The Morgan fingerprint density at radius 3 is 2.52 bits per heavy atom. The van der Waals surface area contributed by atoms with Crippen LogP contribution in [0, 0.1) is 6.92 Å². The molecule has 0 unspecified atom stereocenters. The fraction of sp³-hybridized carbons (Fsp3) is 0.150. The molecule has 0 spiro atoms. The van der Waals surface area contributed by atoms with Crippen LogP contribution >= 0.6 is 0 Å². The van der Waals surface area contributed by atoms with Crippen LogP contribution in [0.25, 0.3) is 11.5 Å². The Labute approximate surface area is 163 Å². The molecule has 1 heterocycles. The zero-order valence-corrected chi connectivity index (χ0v) is 15.1. The van der Waals surface area contributed by atoms with Crippen LogP contribution in [0.15, 0.2) is 59.0 Å². The first-order valence-corrected chi connectivity index (χ1v) is 8.41. The van der Waals surface area contributed by atoms with E-state index >= 15 is 0 Å². The minimum absolute atomic E-state index is 0.0649. The number of benzene rings is 2. The number of aromatic nitrogens is 1. The van der Waals surface area contributed by atoms with E-state index in [0.29, 0.717) is 5.56 Å². The SMILES string of the molecule is Cc1oc(-c2ccccc2)nc1C(=O)OCC(=O)Nc1cccc(C(F)(F)F)c1. The van der Waals surface area contributed by atoms with Crippen LogP contribution in [0.1, 0.15) is 21.8 Å². The number of rotatable bonds is 5. The average molecular weight is 404 g/mol. The summed E-state index contributed by atoms with van der Waals surface area (Å²) < 4.78 is 48.5. The van der Waals surface area contributed by atoms with E-state index < -0.39 is 30.2 Å². The number of hydrogen-bond acceptors (Lipinski definition) is 5. The monoisotopic (exact) mass is 404 g/mol. The molecule has 150 valence electrons. The number of hydrogen-bond donors (Lipinski definition) is 1. The molecule has 1 N–H and O–H groups in total. The molecule has 0 atom stereocenters. The standard InChI is InChI=1S/C20H15F3N2O4/c1-12-17(25-18(29-12)13-6-3-2-4-7-13)19(27)28-11-16(26)24-15-9-5-8-14(10-15)20(21,22)23/h2-10H,11H2,1H3,(H,24,26). The van der Waals surface area contributed by atoms with Gasteiger partial charge in [0.25, 0.3) is 5.91 Å². The molecule has 0 saturated heterocycles. The number of oxazole rings is 1. The van der Waals surface area contributed by atoms with Gasteiger partial charge in [-0.3, -0.25) is 4.79 Å². The van der Waals surface area contributed by atoms with Crippen LogP contribution in [0.2, 0.25) is 0 Å². The number of anilines is 1. The highest BCUT2D eigenvalue weighted by atomic mass is 19.4. The van der Waals surface area contributed by atoms with E-state index in [9.17, 15) is 22.8 Å². The Morgan fingerprint density at radius 1 is 1.10 bits per heavy atom. The Balaban J connectivity index is 1.61. The Morgan fingerprint density at radius 2 is 1.83 bits per heavy atom. The first-order chi connectivity index (χ1) is 13.7. The van der Waals surface area contributed by atoms with Crippen molar-refractivity contribution in [3.63, 3.8) is 0 Å². The summed E-state index contributed by atoms with van der Waals surface area (Å²) in [5, 5.41) is 2.25. The number of amides is 1. The largest absolute Gasteiger partial charge is 0.451 e. The third-order valence-corrected chi connectivity index (χ3v) is 3.82. The summed E-state index contributed by atoms with van der Waals surface area (Å²) in [4.78, 5) is 28.2. The Hall–Kier alpha value is -3.62. The van der Waals surface area contributed by atoms with Gasteiger partial charge in [0, 0.05) is 11.3 Å². The van der Waals surface area contributed by atoms with Crippen molar-refractivity contribution in [1.82, 2.24) is 4.98 Å². The topological polar surface area (TPSA) is 81.4 Å². The molecule has 6 nitrogen and oxygen atoms in total. The van der Waals surface area contributed by atoms with E-state index in [4.69, 9.17) is 9.15 Å². The van der Waals surface area contributed by atoms with Crippen LogP contribution in [-0.2, 0) is 15.7 Å². The molecular formula is C20H15F3N2O4. The molecule has 1 amide bonds. The quantitative estimate of drug-likeness (QED) is 0.635. The number of nitrogens with one attached hydrogen (secondary N) is 1. The lowest BCUT2D eigenvalue weighted by molar-refractivity contribution is -0.137. The molecule has 0 saturated carbocycles. The van der Waals surface area contributed by atoms with Gasteiger partial charge in [0.05, 0.1) is 5.56 Å². The number of carbonyl (C=O) groups is 2. The van der Waals surface area contributed by atoms with Crippen molar-refractivity contribution in [1.29, 1.82) is 0 Å². The number of carbonyl (C=O) groups excluding carboxylic acids is 2. The van der Waals surface area contributed by atoms with Gasteiger partial charge >= 0.3 is 12.1 Å². The van der Waals surface area contributed by atoms with Gasteiger partial charge < -0.3 is 14.5 Å². The number of alkyl halides is 3. The van der Waals surface area contributed by atoms with Crippen molar-refractivity contribution < 1.29 is 31.9 Å². The van der Waals surface area contributed by atoms with E-state index in [0.717, 1.165) is 18.2 Å². The summed E-state index contributed by atoms with van der Waals surface area (Å²) in [6.45, 7) is 0.834.